The Balaban J connectivity index is 1.90. The number of halogens is 3. The smallest absolute Gasteiger partial charge is 0.405 e. The van der Waals surface area contributed by atoms with Crippen molar-refractivity contribution in [1.82, 2.24) is 19.9 Å². The van der Waals surface area contributed by atoms with Crippen molar-refractivity contribution in [3.05, 3.63) is 76.7 Å². The van der Waals surface area contributed by atoms with Crippen LogP contribution < -0.4 is 20.9 Å². The van der Waals surface area contributed by atoms with Crippen molar-refractivity contribution in [2.24, 2.45) is 0 Å². The summed E-state index contributed by atoms with van der Waals surface area (Å²) in [5, 5.41) is 5.11. The number of carbonyl (C=O) groups excluding carboxylic acids is 1. The number of methoxy groups -OCH3 is 1. The lowest BCUT2D eigenvalue weighted by molar-refractivity contribution is -0.115. The summed E-state index contributed by atoms with van der Waals surface area (Å²) < 4.78 is 44.5. The molecule has 180 valence electrons. The minimum atomic E-state index is -4.46. The van der Waals surface area contributed by atoms with Crippen LogP contribution in [0.2, 0.25) is 0 Å². The first kappa shape index (κ1) is 23.7. The van der Waals surface area contributed by atoms with E-state index in [0.29, 0.717) is 33.5 Å². The van der Waals surface area contributed by atoms with Crippen LogP contribution in [0.1, 0.15) is 10.4 Å². The zero-order valence-corrected chi connectivity index (χ0v) is 18.7. The van der Waals surface area contributed by atoms with E-state index in [9.17, 15) is 22.8 Å². The molecule has 11 heteroatoms. The monoisotopic (exact) mass is 483 g/mol. The number of nitrogens with zero attached hydrogens (tertiary/aromatic N) is 3. The van der Waals surface area contributed by atoms with E-state index in [1.54, 1.807) is 54.6 Å². The maximum Gasteiger partial charge on any atom is 0.405 e. The first-order chi connectivity index (χ1) is 16.7. The van der Waals surface area contributed by atoms with Crippen molar-refractivity contribution in [3.63, 3.8) is 0 Å². The molecular formula is C24H20F3N5O3. The SMILES string of the molecule is CNC(=O)c1ccc(-c2cc3cnc(NCC(F)(F)F)nc3n(-c3ccc(OC)cc3)c2=O)cc1. The molecule has 0 fully saturated rings. The van der Waals surface area contributed by atoms with Crippen LogP contribution in [0, 0.1) is 0 Å². The predicted molar refractivity (Wildman–Crippen MR) is 125 cm³/mol. The van der Waals surface area contributed by atoms with E-state index >= 15 is 0 Å². The van der Waals surface area contributed by atoms with Crippen LogP contribution in [0.15, 0.2) is 65.6 Å². The third kappa shape index (κ3) is 5.08. The van der Waals surface area contributed by atoms with Gasteiger partial charge in [0.1, 0.15) is 12.3 Å². The molecule has 0 radical (unpaired) electrons. The maximum atomic E-state index is 13.6. The van der Waals surface area contributed by atoms with Gasteiger partial charge in [-0.1, -0.05) is 12.1 Å². The largest absolute Gasteiger partial charge is 0.497 e. The van der Waals surface area contributed by atoms with E-state index in [4.69, 9.17) is 4.74 Å². The van der Waals surface area contributed by atoms with Crippen LogP contribution in [0.25, 0.3) is 27.8 Å². The van der Waals surface area contributed by atoms with E-state index in [-0.39, 0.29) is 17.5 Å². The summed E-state index contributed by atoms with van der Waals surface area (Å²) in [6.45, 7) is -1.32. The van der Waals surface area contributed by atoms with Gasteiger partial charge in [0.05, 0.1) is 12.8 Å². The minimum absolute atomic E-state index is 0.130. The van der Waals surface area contributed by atoms with Gasteiger partial charge in [-0.15, -0.1) is 0 Å². The van der Waals surface area contributed by atoms with Crippen molar-refractivity contribution in [2.75, 3.05) is 26.0 Å². The molecule has 4 rings (SSSR count). The number of carbonyl (C=O) groups is 1. The quantitative estimate of drug-likeness (QED) is 0.433. The topological polar surface area (TPSA) is 98.1 Å². The lowest BCUT2D eigenvalue weighted by atomic mass is 10.0. The number of hydrogen-bond donors (Lipinski definition) is 2. The number of ether oxygens (including phenoxy) is 1. The van der Waals surface area contributed by atoms with E-state index < -0.39 is 18.3 Å². The second-order valence-corrected chi connectivity index (χ2v) is 7.49. The van der Waals surface area contributed by atoms with E-state index in [1.165, 1.54) is 24.9 Å². The van der Waals surface area contributed by atoms with Crippen molar-refractivity contribution in [1.29, 1.82) is 0 Å². The Kier molecular flexibility index (Phi) is 6.41. The number of hydrogen-bond acceptors (Lipinski definition) is 6. The number of benzene rings is 2. The van der Waals surface area contributed by atoms with Gasteiger partial charge < -0.3 is 15.4 Å². The molecule has 2 aromatic carbocycles. The fourth-order valence-electron chi connectivity index (χ4n) is 3.48. The highest BCUT2D eigenvalue weighted by atomic mass is 19.4. The van der Waals surface area contributed by atoms with Gasteiger partial charge in [-0.05, 0) is 48.0 Å². The Morgan fingerprint density at radius 2 is 1.77 bits per heavy atom. The van der Waals surface area contributed by atoms with Crippen molar-refractivity contribution < 1.29 is 22.7 Å². The average molecular weight is 483 g/mol. The van der Waals surface area contributed by atoms with Gasteiger partial charge in [-0.2, -0.15) is 18.2 Å². The summed E-state index contributed by atoms with van der Waals surface area (Å²) in [5.74, 6) is 0.0337. The summed E-state index contributed by atoms with van der Waals surface area (Å²) in [6, 6.07) is 14.6. The van der Waals surface area contributed by atoms with E-state index in [1.807, 2.05) is 0 Å². The van der Waals surface area contributed by atoms with Gasteiger partial charge in [-0.25, -0.2) is 4.98 Å². The fraction of sp³-hybridized carbons (Fsp3) is 0.167. The lowest BCUT2D eigenvalue weighted by Crippen LogP contribution is -2.24. The highest BCUT2D eigenvalue weighted by Crippen LogP contribution is 2.25. The first-order valence-corrected chi connectivity index (χ1v) is 10.4. The van der Waals surface area contributed by atoms with Crippen LogP contribution in [-0.4, -0.2) is 47.3 Å². The van der Waals surface area contributed by atoms with Gasteiger partial charge in [0, 0.05) is 29.8 Å². The molecule has 2 aromatic heterocycles. The first-order valence-electron chi connectivity index (χ1n) is 10.4. The summed E-state index contributed by atoms with van der Waals surface area (Å²) in [5.41, 5.74) is 1.39. The van der Waals surface area contributed by atoms with Gasteiger partial charge in [0.15, 0.2) is 5.65 Å². The molecule has 8 nitrogen and oxygen atoms in total. The second-order valence-electron chi connectivity index (χ2n) is 7.49. The summed E-state index contributed by atoms with van der Waals surface area (Å²) in [4.78, 5) is 33.7. The van der Waals surface area contributed by atoms with E-state index in [0.717, 1.165) is 0 Å². The number of alkyl halides is 3. The summed E-state index contributed by atoms with van der Waals surface area (Å²) in [6.07, 6.45) is -3.11. The van der Waals surface area contributed by atoms with Crippen LogP contribution in [0.5, 0.6) is 5.75 Å². The molecule has 0 unspecified atom stereocenters. The number of pyridine rings is 1. The molecule has 1 amide bonds. The predicted octanol–water partition coefficient (Wildman–Crippen LogP) is 3.79. The third-order valence-corrected chi connectivity index (χ3v) is 5.20. The minimum Gasteiger partial charge on any atom is -0.497 e. The zero-order valence-electron chi connectivity index (χ0n) is 18.7. The average Bonchev–Trinajstić information content (AvgIpc) is 2.86. The van der Waals surface area contributed by atoms with Crippen molar-refractivity contribution >= 4 is 22.9 Å². The summed E-state index contributed by atoms with van der Waals surface area (Å²) >= 11 is 0. The lowest BCUT2D eigenvalue weighted by Gasteiger charge is -2.14. The van der Waals surface area contributed by atoms with Crippen molar-refractivity contribution in [2.45, 2.75) is 6.18 Å². The molecule has 0 aliphatic rings. The molecule has 0 saturated heterocycles. The number of anilines is 1. The Morgan fingerprint density at radius 3 is 2.37 bits per heavy atom. The summed E-state index contributed by atoms with van der Waals surface area (Å²) in [7, 11) is 3.02. The van der Waals surface area contributed by atoms with Gasteiger partial charge >= 0.3 is 6.18 Å². The number of fused-ring (bicyclic) bond motifs is 1. The normalized spacial score (nSPS) is 11.3. The Labute approximate surface area is 197 Å². The Morgan fingerprint density at radius 1 is 1.09 bits per heavy atom. The molecule has 0 aliphatic heterocycles. The van der Waals surface area contributed by atoms with Gasteiger partial charge in [-0.3, -0.25) is 14.2 Å². The Bertz CT molecular complexity index is 1430. The highest BCUT2D eigenvalue weighted by molar-refractivity contribution is 5.94. The molecule has 2 N–H and O–H groups in total. The molecule has 0 bridgehead atoms. The van der Waals surface area contributed by atoms with Crippen LogP contribution in [0.3, 0.4) is 0 Å². The molecule has 35 heavy (non-hydrogen) atoms. The molecule has 0 atom stereocenters. The number of aromatic nitrogens is 3. The van der Waals surface area contributed by atoms with Gasteiger partial charge in [0.2, 0.25) is 5.95 Å². The maximum absolute atomic E-state index is 13.6. The third-order valence-electron chi connectivity index (χ3n) is 5.20. The van der Waals surface area contributed by atoms with Crippen LogP contribution in [0.4, 0.5) is 19.1 Å². The number of nitrogens with one attached hydrogen (secondary N) is 2. The molecule has 4 aromatic rings. The second kappa shape index (κ2) is 9.45. The molecular weight excluding hydrogens is 463 g/mol. The van der Waals surface area contributed by atoms with Crippen LogP contribution in [-0.2, 0) is 0 Å². The molecule has 0 spiro atoms. The molecule has 0 aliphatic carbocycles. The highest BCUT2D eigenvalue weighted by Gasteiger charge is 2.27. The van der Waals surface area contributed by atoms with E-state index in [2.05, 4.69) is 20.6 Å². The van der Waals surface area contributed by atoms with Gasteiger partial charge in [0.25, 0.3) is 11.5 Å². The zero-order chi connectivity index (χ0) is 25.2. The Hall–Kier alpha value is -4.41. The molecule has 2 heterocycles. The van der Waals surface area contributed by atoms with Crippen LogP contribution >= 0.6 is 0 Å². The number of rotatable bonds is 6. The number of amides is 1. The standard InChI is InChI=1S/C24H20F3N5O3/c1-28-21(33)15-5-3-14(4-6-15)19-11-16-12-29-23(30-13-24(25,26)27)31-20(16)32(22(19)34)17-7-9-18(35-2)10-8-17/h3-12H,13H2,1-2H3,(H,28,33)(H,29,30,31). The van der Waals surface area contributed by atoms with Crippen molar-refractivity contribution in [3.8, 4) is 22.6 Å². The molecule has 0 saturated carbocycles. The fourth-order valence-corrected chi connectivity index (χ4v) is 3.48.